The summed E-state index contributed by atoms with van der Waals surface area (Å²) in [5, 5.41) is 2.96. The van der Waals surface area contributed by atoms with Crippen molar-refractivity contribution >= 4 is 40.8 Å². The first-order valence-electron chi connectivity index (χ1n) is 7.79. The van der Waals surface area contributed by atoms with Gasteiger partial charge in [0.15, 0.2) is 0 Å². The van der Waals surface area contributed by atoms with Crippen LogP contribution >= 0.6 is 22.9 Å². The number of nitrogens with zero attached hydrogens (tertiary/aromatic N) is 2. The number of imide groups is 1. The van der Waals surface area contributed by atoms with Gasteiger partial charge in [-0.25, -0.2) is 4.79 Å². The van der Waals surface area contributed by atoms with Crippen molar-refractivity contribution in [3.63, 3.8) is 0 Å². The van der Waals surface area contributed by atoms with E-state index < -0.39 is 6.04 Å². The van der Waals surface area contributed by atoms with Crippen molar-refractivity contribution in [1.82, 2.24) is 15.1 Å². The first-order chi connectivity index (χ1) is 12.0. The van der Waals surface area contributed by atoms with Crippen molar-refractivity contribution in [1.29, 1.82) is 0 Å². The molecule has 1 atom stereocenters. The number of rotatable bonds is 2. The van der Waals surface area contributed by atoms with E-state index >= 15 is 0 Å². The smallest absolute Gasteiger partial charge is 0.324 e. The quantitative estimate of drug-likeness (QED) is 0.820. The molecule has 8 heteroatoms. The molecule has 3 heterocycles. The number of carbonyl (C=O) groups excluding carboxylic acids is 3. The lowest BCUT2D eigenvalue weighted by molar-refractivity contribution is -0.122. The van der Waals surface area contributed by atoms with Crippen molar-refractivity contribution in [3.05, 3.63) is 46.3 Å². The van der Waals surface area contributed by atoms with E-state index in [9.17, 15) is 14.4 Å². The first kappa shape index (κ1) is 16.1. The van der Waals surface area contributed by atoms with Crippen molar-refractivity contribution < 1.29 is 14.4 Å². The maximum absolute atomic E-state index is 12.8. The van der Waals surface area contributed by atoms with Gasteiger partial charge in [0, 0.05) is 23.0 Å². The van der Waals surface area contributed by atoms with Gasteiger partial charge in [-0.1, -0.05) is 23.7 Å². The van der Waals surface area contributed by atoms with Gasteiger partial charge in [-0.15, -0.1) is 11.3 Å². The monoisotopic (exact) mass is 375 g/mol. The molecule has 6 nitrogen and oxygen atoms in total. The minimum Gasteiger partial charge on any atom is -0.334 e. The van der Waals surface area contributed by atoms with Crippen molar-refractivity contribution in [2.24, 2.45) is 0 Å². The molecule has 2 aliphatic rings. The number of thiophene rings is 1. The van der Waals surface area contributed by atoms with Crippen LogP contribution < -0.4 is 5.32 Å². The zero-order chi connectivity index (χ0) is 17.6. The van der Waals surface area contributed by atoms with Gasteiger partial charge < -0.3 is 9.80 Å². The van der Waals surface area contributed by atoms with E-state index in [1.807, 2.05) is 30.3 Å². The summed E-state index contributed by atoms with van der Waals surface area (Å²) in [4.78, 5) is 40.9. The Bertz CT molecular complexity index is 864. The molecule has 0 radical (unpaired) electrons. The van der Waals surface area contributed by atoms with E-state index in [4.69, 9.17) is 11.6 Å². The summed E-state index contributed by atoms with van der Waals surface area (Å²) in [6.45, 7) is 1.01. The predicted molar refractivity (Wildman–Crippen MR) is 94.7 cm³/mol. The summed E-state index contributed by atoms with van der Waals surface area (Å²) in [7, 11) is 0. The molecule has 0 bridgehead atoms. The first-order valence-corrected chi connectivity index (χ1v) is 8.99. The van der Waals surface area contributed by atoms with Crippen LogP contribution in [0.4, 0.5) is 4.79 Å². The van der Waals surface area contributed by atoms with E-state index in [0.29, 0.717) is 23.0 Å². The Labute approximate surface area is 153 Å². The second-order valence-electron chi connectivity index (χ2n) is 5.93. The highest BCUT2D eigenvalue weighted by Crippen LogP contribution is 2.30. The van der Waals surface area contributed by atoms with Gasteiger partial charge in [0.2, 0.25) is 0 Å². The standard InChI is InChI=1S/C17H14ClN3O3S/c18-11-3-1-10(2-4-11)13-5-6-14(25-13)16(23)20-7-8-21-12(9-20)15(22)19-17(21)24/h1-6,12H,7-9H2,(H,19,22,24)/t12-/m0/s1. The van der Waals surface area contributed by atoms with Crippen LogP contribution in [0, 0.1) is 0 Å². The van der Waals surface area contributed by atoms with Gasteiger partial charge in [0.25, 0.3) is 11.8 Å². The molecule has 0 spiro atoms. The molecule has 128 valence electrons. The minimum absolute atomic E-state index is 0.114. The third-order valence-electron chi connectivity index (χ3n) is 4.41. The molecule has 1 N–H and O–H groups in total. The average Bonchev–Trinajstić information content (AvgIpc) is 3.20. The summed E-state index contributed by atoms with van der Waals surface area (Å²) in [6.07, 6.45) is 0. The lowest BCUT2D eigenvalue weighted by atomic mass is 10.2. The normalized spacial score (nSPS) is 19.8. The Morgan fingerprint density at radius 1 is 1.12 bits per heavy atom. The topological polar surface area (TPSA) is 69.7 Å². The van der Waals surface area contributed by atoms with Crippen LogP contribution in [0.25, 0.3) is 10.4 Å². The molecule has 0 saturated carbocycles. The number of piperazine rings is 1. The van der Waals surface area contributed by atoms with Crippen molar-refractivity contribution in [2.45, 2.75) is 6.04 Å². The number of halogens is 1. The van der Waals surface area contributed by atoms with Gasteiger partial charge in [-0.05, 0) is 29.8 Å². The third kappa shape index (κ3) is 2.89. The number of nitrogens with one attached hydrogen (secondary N) is 1. The number of hydrogen-bond donors (Lipinski definition) is 1. The van der Waals surface area contributed by atoms with Crippen LogP contribution in [0.5, 0.6) is 0 Å². The zero-order valence-corrected chi connectivity index (χ0v) is 14.6. The van der Waals surface area contributed by atoms with Crippen LogP contribution in [-0.4, -0.2) is 53.3 Å². The third-order valence-corrected chi connectivity index (χ3v) is 5.78. The highest BCUT2D eigenvalue weighted by molar-refractivity contribution is 7.17. The molecule has 0 aliphatic carbocycles. The van der Waals surface area contributed by atoms with Crippen LogP contribution in [0.2, 0.25) is 5.02 Å². The summed E-state index contributed by atoms with van der Waals surface area (Å²) in [5.74, 6) is -0.451. The summed E-state index contributed by atoms with van der Waals surface area (Å²) >= 11 is 7.31. The number of fused-ring (bicyclic) bond motifs is 1. The summed E-state index contributed by atoms with van der Waals surface area (Å²) in [5.41, 5.74) is 0.999. The molecule has 2 aromatic rings. The maximum atomic E-state index is 12.8. The Balaban J connectivity index is 1.51. The van der Waals surface area contributed by atoms with Gasteiger partial charge >= 0.3 is 6.03 Å². The second-order valence-corrected chi connectivity index (χ2v) is 7.45. The number of amides is 4. The summed E-state index contributed by atoms with van der Waals surface area (Å²) < 4.78 is 0. The summed E-state index contributed by atoms with van der Waals surface area (Å²) in [6, 6.07) is 10.2. The van der Waals surface area contributed by atoms with E-state index in [1.165, 1.54) is 16.2 Å². The Kier molecular flexibility index (Phi) is 3.97. The fraction of sp³-hybridized carbons (Fsp3) is 0.235. The van der Waals surface area contributed by atoms with Gasteiger partial charge in [0.05, 0.1) is 11.4 Å². The Morgan fingerprint density at radius 3 is 2.64 bits per heavy atom. The molecule has 4 amide bonds. The SMILES string of the molecule is O=C1NC(=O)N2CCN(C(=O)c3ccc(-c4ccc(Cl)cc4)s3)C[C@@H]12. The second kappa shape index (κ2) is 6.16. The Hall–Kier alpha value is -2.38. The minimum atomic E-state index is -0.583. The molecular formula is C17H14ClN3O3S. The average molecular weight is 376 g/mol. The molecule has 25 heavy (non-hydrogen) atoms. The Morgan fingerprint density at radius 2 is 1.88 bits per heavy atom. The van der Waals surface area contributed by atoms with Gasteiger partial charge in [0.1, 0.15) is 6.04 Å². The molecule has 2 aliphatic heterocycles. The van der Waals surface area contributed by atoms with E-state index in [0.717, 1.165) is 10.4 Å². The van der Waals surface area contributed by atoms with Crippen LogP contribution in [0.15, 0.2) is 36.4 Å². The number of carbonyl (C=O) groups is 3. The van der Waals surface area contributed by atoms with Gasteiger partial charge in [-0.3, -0.25) is 14.9 Å². The number of hydrogen-bond acceptors (Lipinski definition) is 4. The lowest BCUT2D eigenvalue weighted by Crippen LogP contribution is -2.54. The number of urea groups is 1. The van der Waals surface area contributed by atoms with Crippen LogP contribution in [-0.2, 0) is 4.79 Å². The predicted octanol–water partition coefficient (Wildman–Crippen LogP) is 2.44. The number of benzene rings is 1. The fourth-order valence-corrected chi connectivity index (χ4v) is 4.18. The van der Waals surface area contributed by atoms with Crippen LogP contribution in [0.1, 0.15) is 9.67 Å². The largest absolute Gasteiger partial charge is 0.334 e. The fourth-order valence-electron chi connectivity index (χ4n) is 3.07. The maximum Gasteiger partial charge on any atom is 0.324 e. The van der Waals surface area contributed by atoms with Crippen LogP contribution in [0.3, 0.4) is 0 Å². The molecule has 4 rings (SSSR count). The zero-order valence-electron chi connectivity index (χ0n) is 13.1. The molecule has 1 aromatic carbocycles. The molecule has 0 unspecified atom stereocenters. The van der Waals surface area contributed by atoms with E-state index in [1.54, 1.807) is 11.0 Å². The molecule has 2 fully saturated rings. The van der Waals surface area contributed by atoms with E-state index in [2.05, 4.69) is 5.32 Å². The van der Waals surface area contributed by atoms with Crippen molar-refractivity contribution in [2.75, 3.05) is 19.6 Å². The molecule has 1 aromatic heterocycles. The highest BCUT2D eigenvalue weighted by atomic mass is 35.5. The lowest BCUT2D eigenvalue weighted by Gasteiger charge is -2.35. The molecule has 2 saturated heterocycles. The molecular weight excluding hydrogens is 362 g/mol. The highest BCUT2D eigenvalue weighted by Gasteiger charge is 2.43. The van der Waals surface area contributed by atoms with Crippen molar-refractivity contribution in [3.8, 4) is 10.4 Å². The van der Waals surface area contributed by atoms with Gasteiger partial charge in [-0.2, -0.15) is 0 Å². The van der Waals surface area contributed by atoms with E-state index in [-0.39, 0.29) is 24.4 Å².